The van der Waals surface area contributed by atoms with E-state index in [1.165, 1.54) is 0 Å². The van der Waals surface area contributed by atoms with E-state index in [1.807, 2.05) is 49.4 Å². The van der Waals surface area contributed by atoms with Crippen molar-refractivity contribution in [1.29, 1.82) is 0 Å². The van der Waals surface area contributed by atoms with Crippen LogP contribution in [0.4, 0.5) is 5.82 Å². The Morgan fingerprint density at radius 3 is 2.76 bits per heavy atom. The van der Waals surface area contributed by atoms with Gasteiger partial charge in [-0.3, -0.25) is 4.79 Å². The number of anilines is 1. The molecule has 170 valence electrons. The Morgan fingerprint density at radius 2 is 1.94 bits per heavy atom. The van der Waals surface area contributed by atoms with Gasteiger partial charge in [-0.05, 0) is 48.9 Å². The number of rotatable bonds is 4. The SMILES string of the molecule is COc1ccc(-c2cnnc(-n3nc(C)c4c3NC(=O)C[C@H]4c3ccc4c(c3)OCO4)n2)cc1. The molecule has 10 nitrogen and oxygen atoms in total. The lowest BCUT2D eigenvalue weighted by Crippen LogP contribution is -2.25. The molecule has 0 bridgehead atoms. The van der Waals surface area contributed by atoms with Crippen LogP contribution in [0.15, 0.2) is 48.7 Å². The first-order valence-corrected chi connectivity index (χ1v) is 10.7. The van der Waals surface area contributed by atoms with E-state index in [1.54, 1.807) is 18.0 Å². The van der Waals surface area contributed by atoms with Crippen LogP contribution in [0.5, 0.6) is 17.2 Å². The molecule has 6 rings (SSSR count). The van der Waals surface area contributed by atoms with Crippen molar-refractivity contribution >= 4 is 11.7 Å². The van der Waals surface area contributed by atoms with E-state index < -0.39 is 0 Å². The molecular formula is C24H20N6O4. The van der Waals surface area contributed by atoms with E-state index in [4.69, 9.17) is 14.2 Å². The summed E-state index contributed by atoms with van der Waals surface area (Å²) < 4.78 is 17.7. The third kappa shape index (κ3) is 3.31. The lowest BCUT2D eigenvalue weighted by Gasteiger charge is -2.24. The number of fused-ring (bicyclic) bond motifs is 2. The van der Waals surface area contributed by atoms with Crippen LogP contribution >= 0.6 is 0 Å². The first-order chi connectivity index (χ1) is 16.6. The second-order valence-corrected chi connectivity index (χ2v) is 8.05. The molecule has 0 radical (unpaired) electrons. The molecule has 2 aromatic heterocycles. The summed E-state index contributed by atoms with van der Waals surface area (Å²) in [5.41, 5.74) is 4.13. The Labute approximate surface area is 194 Å². The molecule has 2 aliphatic rings. The predicted molar refractivity (Wildman–Crippen MR) is 121 cm³/mol. The van der Waals surface area contributed by atoms with E-state index in [0.717, 1.165) is 28.1 Å². The molecule has 4 aromatic rings. The molecule has 0 unspecified atom stereocenters. The van der Waals surface area contributed by atoms with E-state index in [0.29, 0.717) is 29.4 Å². The van der Waals surface area contributed by atoms with Crippen LogP contribution < -0.4 is 19.5 Å². The molecule has 0 saturated carbocycles. The Bertz CT molecular complexity index is 1420. The van der Waals surface area contributed by atoms with Crippen molar-refractivity contribution in [3.63, 3.8) is 0 Å². The molecule has 2 aliphatic heterocycles. The topological polar surface area (TPSA) is 113 Å². The lowest BCUT2D eigenvalue weighted by atomic mass is 9.85. The van der Waals surface area contributed by atoms with Crippen LogP contribution in [-0.4, -0.2) is 44.8 Å². The van der Waals surface area contributed by atoms with Crippen LogP contribution in [0, 0.1) is 6.92 Å². The molecular weight excluding hydrogens is 436 g/mol. The summed E-state index contributed by atoms with van der Waals surface area (Å²) in [6.45, 7) is 2.11. The highest BCUT2D eigenvalue weighted by atomic mass is 16.7. The quantitative estimate of drug-likeness (QED) is 0.498. The van der Waals surface area contributed by atoms with Crippen molar-refractivity contribution in [2.45, 2.75) is 19.3 Å². The van der Waals surface area contributed by atoms with Crippen molar-refractivity contribution in [3.05, 3.63) is 65.5 Å². The number of nitrogens with zero attached hydrogens (tertiary/aromatic N) is 5. The summed E-state index contributed by atoms with van der Waals surface area (Å²) in [5, 5.41) is 15.9. The number of aromatic nitrogens is 5. The summed E-state index contributed by atoms with van der Waals surface area (Å²) in [4.78, 5) is 17.4. The third-order valence-corrected chi connectivity index (χ3v) is 6.02. The van der Waals surface area contributed by atoms with E-state index >= 15 is 0 Å². The van der Waals surface area contributed by atoms with Gasteiger partial charge in [0.1, 0.15) is 11.6 Å². The summed E-state index contributed by atoms with van der Waals surface area (Å²) in [7, 11) is 1.62. The number of carbonyl (C=O) groups is 1. The highest BCUT2D eigenvalue weighted by Gasteiger charge is 2.34. The minimum Gasteiger partial charge on any atom is -0.497 e. The number of carbonyl (C=O) groups excluding carboxylic acids is 1. The standard InChI is InChI=1S/C24H20N6O4/c1-13-22-17(15-5-8-19-20(9-15)34-12-33-19)10-21(31)27-23(22)30(29-13)24-26-18(11-25-28-24)14-3-6-16(32-2)7-4-14/h3-9,11,17H,10,12H2,1-2H3,(H,27,31)/t17-/m0/s1. The summed E-state index contributed by atoms with van der Waals surface area (Å²) >= 11 is 0. The maximum atomic E-state index is 12.7. The van der Waals surface area contributed by atoms with Gasteiger partial charge in [0, 0.05) is 23.5 Å². The van der Waals surface area contributed by atoms with Gasteiger partial charge >= 0.3 is 0 Å². The van der Waals surface area contributed by atoms with Gasteiger partial charge in [0.05, 0.1) is 24.7 Å². The van der Waals surface area contributed by atoms with E-state index in [9.17, 15) is 4.79 Å². The molecule has 10 heteroatoms. The van der Waals surface area contributed by atoms with Gasteiger partial charge in [0.25, 0.3) is 5.95 Å². The van der Waals surface area contributed by atoms with Gasteiger partial charge in [-0.25, -0.2) is 4.98 Å². The number of aryl methyl sites for hydroxylation is 1. The minimum absolute atomic E-state index is 0.115. The molecule has 2 aromatic carbocycles. The van der Waals surface area contributed by atoms with Crippen molar-refractivity contribution in [3.8, 4) is 34.5 Å². The Morgan fingerprint density at radius 1 is 1.12 bits per heavy atom. The molecule has 4 heterocycles. The Balaban J connectivity index is 1.42. The summed E-state index contributed by atoms with van der Waals surface area (Å²) in [5.74, 6) is 2.64. The van der Waals surface area contributed by atoms with E-state index in [2.05, 4.69) is 25.6 Å². The number of hydrogen-bond donors (Lipinski definition) is 1. The lowest BCUT2D eigenvalue weighted by molar-refractivity contribution is -0.116. The highest BCUT2D eigenvalue weighted by molar-refractivity contribution is 5.95. The average molecular weight is 456 g/mol. The van der Waals surface area contributed by atoms with Gasteiger partial charge in [0.15, 0.2) is 11.5 Å². The Hall–Kier alpha value is -4.47. The monoisotopic (exact) mass is 456 g/mol. The van der Waals surface area contributed by atoms with Crippen LogP contribution in [-0.2, 0) is 4.79 Å². The normalized spacial score (nSPS) is 16.2. The maximum absolute atomic E-state index is 12.7. The Kier molecular flexibility index (Phi) is 4.65. The average Bonchev–Trinajstić information content (AvgIpc) is 3.47. The largest absolute Gasteiger partial charge is 0.497 e. The van der Waals surface area contributed by atoms with Crippen molar-refractivity contribution in [2.75, 3.05) is 19.2 Å². The molecule has 1 atom stereocenters. The zero-order valence-electron chi connectivity index (χ0n) is 18.5. The van der Waals surface area contributed by atoms with Crippen molar-refractivity contribution in [2.24, 2.45) is 0 Å². The fourth-order valence-corrected chi connectivity index (χ4v) is 4.39. The number of methoxy groups -OCH3 is 1. The van der Waals surface area contributed by atoms with Gasteiger partial charge < -0.3 is 19.5 Å². The van der Waals surface area contributed by atoms with Gasteiger partial charge in [-0.1, -0.05) is 6.07 Å². The van der Waals surface area contributed by atoms with Gasteiger partial charge in [0.2, 0.25) is 12.7 Å². The third-order valence-electron chi connectivity index (χ3n) is 6.02. The molecule has 1 amide bonds. The number of nitrogens with one attached hydrogen (secondary N) is 1. The van der Waals surface area contributed by atoms with Crippen LogP contribution in [0.25, 0.3) is 17.2 Å². The summed E-state index contributed by atoms with van der Waals surface area (Å²) in [6.07, 6.45) is 1.88. The smallest absolute Gasteiger partial charge is 0.272 e. The number of benzene rings is 2. The second-order valence-electron chi connectivity index (χ2n) is 8.05. The molecule has 34 heavy (non-hydrogen) atoms. The van der Waals surface area contributed by atoms with Crippen LogP contribution in [0.3, 0.4) is 0 Å². The molecule has 1 N–H and O–H groups in total. The highest BCUT2D eigenvalue weighted by Crippen LogP contribution is 2.43. The fourth-order valence-electron chi connectivity index (χ4n) is 4.39. The first-order valence-electron chi connectivity index (χ1n) is 10.7. The van der Waals surface area contributed by atoms with Crippen molar-refractivity contribution < 1.29 is 19.0 Å². The maximum Gasteiger partial charge on any atom is 0.272 e. The number of hydrogen-bond acceptors (Lipinski definition) is 8. The molecule has 0 fully saturated rings. The van der Waals surface area contributed by atoms with Gasteiger partial charge in [-0.2, -0.15) is 14.9 Å². The zero-order valence-corrected chi connectivity index (χ0v) is 18.5. The van der Waals surface area contributed by atoms with Gasteiger partial charge in [-0.15, -0.1) is 5.10 Å². The fraction of sp³-hybridized carbons (Fsp3) is 0.208. The van der Waals surface area contributed by atoms with Crippen molar-refractivity contribution in [1.82, 2.24) is 25.0 Å². The van der Waals surface area contributed by atoms with E-state index in [-0.39, 0.29) is 24.6 Å². The zero-order chi connectivity index (χ0) is 23.2. The first kappa shape index (κ1) is 20.2. The number of ether oxygens (including phenoxy) is 3. The molecule has 0 saturated heterocycles. The summed E-state index contributed by atoms with van der Waals surface area (Å²) in [6, 6.07) is 13.3. The molecule has 0 aliphatic carbocycles. The number of amides is 1. The molecule has 0 spiro atoms. The van der Waals surface area contributed by atoms with Crippen LogP contribution in [0.1, 0.15) is 29.2 Å². The van der Waals surface area contributed by atoms with Crippen LogP contribution in [0.2, 0.25) is 0 Å². The predicted octanol–water partition coefficient (Wildman–Crippen LogP) is 3.24. The minimum atomic E-state index is -0.190. The second kappa shape index (κ2) is 7.84.